The molecule has 0 unspecified atom stereocenters. The van der Waals surface area contributed by atoms with Crippen LogP contribution < -0.4 is 5.73 Å². The molecule has 1 heterocycles. The summed E-state index contributed by atoms with van der Waals surface area (Å²) in [6, 6.07) is 0. The molecule has 88 valence electrons. The van der Waals surface area contributed by atoms with E-state index in [1.165, 1.54) is 5.38 Å². The number of nitrogens with zero attached hydrogens (tertiary/aromatic N) is 2. The standard InChI is InChI=1S/C9H13N3O3S/c1-9(2,3)15-12-6(7(13)14)5-4-16-8(10)11-5/h4H,1-3H3,(H2,10,11)(H,13,14). The minimum atomic E-state index is -1.20. The number of thiazole rings is 1. The predicted molar refractivity (Wildman–Crippen MR) is 61.5 cm³/mol. The second-order valence-electron chi connectivity index (χ2n) is 4.02. The van der Waals surface area contributed by atoms with Crippen molar-refractivity contribution in [1.29, 1.82) is 0 Å². The zero-order chi connectivity index (χ0) is 12.3. The smallest absolute Gasteiger partial charge is 0.360 e. The Kier molecular flexibility index (Phi) is 3.48. The van der Waals surface area contributed by atoms with Gasteiger partial charge in [-0.25, -0.2) is 9.78 Å². The molecule has 0 saturated carbocycles. The van der Waals surface area contributed by atoms with Crippen molar-refractivity contribution in [3.8, 4) is 0 Å². The third-order valence-electron chi connectivity index (χ3n) is 1.38. The summed E-state index contributed by atoms with van der Waals surface area (Å²) >= 11 is 1.15. The highest BCUT2D eigenvalue weighted by atomic mass is 32.1. The lowest BCUT2D eigenvalue weighted by Crippen LogP contribution is -2.21. The topological polar surface area (TPSA) is 97.8 Å². The number of nitrogen functional groups attached to an aromatic ring is 1. The fourth-order valence-corrected chi connectivity index (χ4v) is 1.32. The van der Waals surface area contributed by atoms with Gasteiger partial charge in [0.25, 0.3) is 0 Å². The summed E-state index contributed by atoms with van der Waals surface area (Å²) in [5, 5.41) is 14.3. The van der Waals surface area contributed by atoms with Gasteiger partial charge in [0.2, 0.25) is 5.71 Å². The molecule has 1 aromatic rings. The summed E-state index contributed by atoms with van der Waals surface area (Å²) < 4.78 is 0. The van der Waals surface area contributed by atoms with E-state index >= 15 is 0 Å². The highest BCUT2D eigenvalue weighted by Gasteiger charge is 2.19. The highest BCUT2D eigenvalue weighted by Crippen LogP contribution is 2.14. The molecule has 0 aromatic carbocycles. The van der Waals surface area contributed by atoms with Crippen molar-refractivity contribution in [1.82, 2.24) is 4.98 Å². The van der Waals surface area contributed by atoms with Crippen molar-refractivity contribution in [2.45, 2.75) is 26.4 Å². The van der Waals surface area contributed by atoms with Crippen LogP contribution in [0.4, 0.5) is 5.13 Å². The van der Waals surface area contributed by atoms with Crippen LogP contribution in [0.1, 0.15) is 26.5 Å². The maximum atomic E-state index is 10.9. The zero-order valence-electron chi connectivity index (χ0n) is 9.22. The van der Waals surface area contributed by atoms with Crippen molar-refractivity contribution < 1.29 is 14.7 Å². The molecule has 0 fully saturated rings. The van der Waals surface area contributed by atoms with E-state index in [0.29, 0.717) is 5.13 Å². The summed E-state index contributed by atoms with van der Waals surface area (Å²) in [7, 11) is 0. The molecule has 3 N–H and O–H groups in total. The number of oxime groups is 1. The van der Waals surface area contributed by atoms with Crippen LogP contribution in [0, 0.1) is 0 Å². The Morgan fingerprint density at radius 2 is 2.25 bits per heavy atom. The summed E-state index contributed by atoms with van der Waals surface area (Å²) in [4.78, 5) is 19.8. The molecular weight excluding hydrogens is 230 g/mol. The quantitative estimate of drug-likeness (QED) is 0.616. The van der Waals surface area contributed by atoms with Crippen molar-refractivity contribution in [2.75, 3.05) is 5.73 Å². The molecule has 1 rings (SSSR count). The molecule has 0 radical (unpaired) electrons. The Hall–Kier alpha value is -1.63. The third kappa shape index (κ3) is 3.50. The zero-order valence-corrected chi connectivity index (χ0v) is 10.0. The minimum Gasteiger partial charge on any atom is -0.476 e. The minimum absolute atomic E-state index is 0.208. The summed E-state index contributed by atoms with van der Waals surface area (Å²) in [5.41, 5.74) is 4.82. The van der Waals surface area contributed by atoms with Crippen molar-refractivity contribution in [2.24, 2.45) is 5.16 Å². The number of carboxylic acids is 1. The lowest BCUT2D eigenvalue weighted by molar-refractivity contribution is -0.129. The summed E-state index contributed by atoms with van der Waals surface area (Å²) in [6.45, 7) is 5.31. The number of rotatable bonds is 3. The lowest BCUT2D eigenvalue weighted by atomic mass is 10.2. The molecule has 0 aliphatic rings. The van der Waals surface area contributed by atoms with Gasteiger partial charge >= 0.3 is 5.97 Å². The van der Waals surface area contributed by atoms with Crippen LogP contribution in [-0.4, -0.2) is 27.4 Å². The van der Waals surface area contributed by atoms with E-state index in [4.69, 9.17) is 15.7 Å². The van der Waals surface area contributed by atoms with Gasteiger partial charge in [-0.3, -0.25) is 0 Å². The first-order valence-electron chi connectivity index (χ1n) is 4.50. The van der Waals surface area contributed by atoms with Crippen LogP contribution in [0.15, 0.2) is 10.5 Å². The van der Waals surface area contributed by atoms with Gasteiger partial charge in [0, 0.05) is 5.38 Å². The van der Waals surface area contributed by atoms with Gasteiger partial charge in [0.15, 0.2) is 5.13 Å². The van der Waals surface area contributed by atoms with E-state index < -0.39 is 11.6 Å². The average Bonchev–Trinajstić information content (AvgIpc) is 2.49. The Balaban J connectivity index is 2.96. The number of hydrogen-bond donors (Lipinski definition) is 2. The molecule has 0 bridgehead atoms. The first-order valence-corrected chi connectivity index (χ1v) is 5.38. The molecule has 7 heteroatoms. The SMILES string of the molecule is CC(C)(C)ON=C(C(=O)O)c1csc(N)n1. The van der Waals surface area contributed by atoms with Gasteiger partial charge in [0.05, 0.1) is 0 Å². The Morgan fingerprint density at radius 3 is 2.62 bits per heavy atom. The average molecular weight is 243 g/mol. The molecule has 16 heavy (non-hydrogen) atoms. The van der Waals surface area contributed by atoms with Crippen LogP contribution >= 0.6 is 11.3 Å². The summed E-state index contributed by atoms with van der Waals surface area (Å²) in [5.74, 6) is -1.20. The molecular formula is C9H13N3O3S. The number of aromatic nitrogens is 1. The van der Waals surface area contributed by atoms with E-state index in [1.807, 2.05) is 0 Å². The maximum Gasteiger partial charge on any atom is 0.360 e. The maximum absolute atomic E-state index is 10.9. The van der Waals surface area contributed by atoms with Crippen molar-refractivity contribution >= 4 is 28.1 Å². The largest absolute Gasteiger partial charge is 0.476 e. The number of hydrogen-bond acceptors (Lipinski definition) is 6. The van der Waals surface area contributed by atoms with Gasteiger partial charge in [0.1, 0.15) is 11.3 Å². The van der Waals surface area contributed by atoms with E-state index in [-0.39, 0.29) is 11.4 Å². The Bertz CT molecular complexity index is 420. The van der Waals surface area contributed by atoms with Crippen molar-refractivity contribution in [3.05, 3.63) is 11.1 Å². The van der Waals surface area contributed by atoms with E-state index in [2.05, 4.69) is 10.1 Å². The lowest BCUT2D eigenvalue weighted by Gasteiger charge is -2.15. The van der Waals surface area contributed by atoms with Crippen LogP contribution in [0.2, 0.25) is 0 Å². The second-order valence-corrected chi connectivity index (χ2v) is 4.91. The Labute approximate surface area is 96.7 Å². The van der Waals surface area contributed by atoms with E-state index in [0.717, 1.165) is 11.3 Å². The van der Waals surface area contributed by atoms with Crippen molar-refractivity contribution in [3.63, 3.8) is 0 Å². The first kappa shape index (κ1) is 12.4. The molecule has 0 aliphatic heterocycles. The van der Waals surface area contributed by atoms with Crippen LogP contribution in [-0.2, 0) is 9.63 Å². The molecule has 0 aliphatic carbocycles. The van der Waals surface area contributed by atoms with Gasteiger partial charge in [-0.05, 0) is 20.8 Å². The predicted octanol–water partition coefficient (Wildman–Crippen LogP) is 1.33. The number of aliphatic carboxylic acids is 1. The molecule has 6 nitrogen and oxygen atoms in total. The Morgan fingerprint density at radius 1 is 1.62 bits per heavy atom. The molecule has 0 saturated heterocycles. The van der Waals surface area contributed by atoms with Gasteiger partial charge in [-0.15, -0.1) is 11.3 Å². The number of anilines is 1. The second kappa shape index (κ2) is 4.48. The fourth-order valence-electron chi connectivity index (χ4n) is 0.774. The first-order chi connectivity index (χ1) is 7.29. The van der Waals surface area contributed by atoms with Gasteiger partial charge in [-0.2, -0.15) is 0 Å². The number of carboxylic acid groups (broad SMARTS) is 1. The highest BCUT2D eigenvalue weighted by molar-refractivity contribution is 7.13. The van der Waals surface area contributed by atoms with Crippen LogP contribution in [0.5, 0.6) is 0 Å². The molecule has 0 amide bonds. The van der Waals surface area contributed by atoms with Crippen LogP contribution in [0.25, 0.3) is 0 Å². The third-order valence-corrected chi connectivity index (χ3v) is 2.05. The van der Waals surface area contributed by atoms with E-state index in [1.54, 1.807) is 20.8 Å². The normalized spacial score (nSPS) is 12.6. The van der Waals surface area contributed by atoms with Crippen LogP contribution in [0.3, 0.4) is 0 Å². The molecule has 0 atom stereocenters. The number of carbonyl (C=O) groups is 1. The molecule has 1 aromatic heterocycles. The fraction of sp³-hybridized carbons (Fsp3) is 0.444. The monoisotopic (exact) mass is 243 g/mol. The van der Waals surface area contributed by atoms with Gasteiger partial charge in [-0.1, -0.05) is 5.16 Å². The molecule has 0 spiro atoms. The number of nitrogens with two attached hydrogens (primary N) is 1. The summed E-state index contributed by atoms with van der Waals surface area (Å²) in [6.07, 6.45) is 0. The van der Waals surface area contributed by atoms with Gasteiger partial charge < -0.3 is 15.7 Å². The van der Waals surface area contributed by atoms with E-state index in [9.17, 15) is 4.79 Å².